The van der Waals surface area contributed by atoms with Crippen molar-refractivity contribution in [3.8, 4) is 0 Å². The van der Waals surface area contributed by atoms with Crippen LogP contribution in [0.3, 0.4) is 0 Å². The van der Waals surface area contributed by atoms with Crippen molar-refractivity contribution in [2.24, 2.45) is 0 Å². The molecule has 20 heavy (non-hydrogen) atoms. The zero-order valence-corrected chi connectivity index (χ0v) is 12.7. The van der Waals surface area contributed by atoms with E-state index in [-0.39, 0.29) is 23.8 Å². The van der Waals surface area contributed by atoms with Gasteiger partial charge in [-0.15, -0.1) is 11.3 Å². The molecule has 1 aromatic heterocycles. The molecule has 0 spiro atoms. The minimum absolute atomic E-state index is 0.0170. The van der Waals surface area contributed by atoms with Crippen molar-refractivity contribution in [3.63, 3.8) is 0 Å². The first-order valence-electron chi connectivity index (χ1n) is 6.39. The molecule has 0 bridgehead atoms. The van der Waals surface area contributed by atoms with E-state index in [1.807, 2.05) is 11.8 Å². The molecule has 1 atom stereocenters. The van der Waals surface area contributed by atoms with Gasteiger partial charge in [-0.05, 0) is 31.3 Å². The summed E-state index contributed by atoms with van der Waals surface area (Å²) in [6.45, 7) is 1.79. The summed E-state index contributed by atoms with van der Waals surface area (Å²) in [4.78, 5) is 26.6. The van der Waals surface area contributed by atoms with Gasteiger partial charge in [0.15, 0.2) is 5.69 Å². The molecule has 2 amide bonds. The van der Waals surface area contributed by atoms with E-state index in [0.717, 1.165) is 24.3 Å². The van der Waals surface area contributed by atoms with E-state index < -0.39 is 5.97 Å². The maximum atomic E-state index is 11.9. The highest BCUT2D eigenvalue weighted by molar-refractivity contribution is 7.99. The number of nitrogens with zero attached hydrogens (tertiary/aromatic N) is 1. The van der Waals surface area contributed by atoms with Crippen LogP contribution in [0.1, 0.15) is 41.3 Å². The molecule has 110 valence electrons. The van der Waals surface area contributed by atoms with Gasteiger partial charge in [-0.25, -0.2) is 14.6 Å². The smallest absolute Gasteiger partial charge is 0.355 e. The fourth-order valence-electron chi connectivity index (χ4n) is 1.91. The Balaban J connectivity index is 1.84. The highest BCUT2D eigenvalue weighted by Crippen LogP contribution is 2.19. The average molecular weight is 315 g/mol. The van der Waals surface area contributed by atoms with E-state index in [9.17, 15) is 9.59 Å². The molecule has 1 aromatic rings. The second-order valence-electron chi connectivity index (χ2n) is 4.60. The fourth-order valence-corrected chi connectivity index (χ4v) is 3.82. The molecule has 2 rings (SSSR count). The molecule has 0 radical (unpaired) electrons. The summed E-state index contributed by atoms with van der Waals surface area (Å²) in [5.74, 6) is 1.10. The molecule has 1 fully saturated rings. The highest BCUT2D eigenvalue weighted by atomic mass is 32.2. The average Bonchev–Trinajstić information content (AvgIpc) is 2.89. The minimum atomic E-state index is -1.05. The zero-order valence-electron chi connectivity index (χ0n) is 11.1. The van der Waals surface area contributed by atoms with E-state index >= 15 is 0 Å². The summed E-state index contributed by atoms with van der Waals surface area (Å²) in [5.41, 5.74) is 0.0170. The molecule has 2 heterocycles. The van der Waals surface area contributed by atoms with Crippen molar-refractivity contribution in [3.05, 3.63) is 16.1 Å². The van der Waals surface area contributed by atoms with Crippen LogP contribution < -0.4 is 10.6 Å². The predicted octanol–water partition coefficient (Wildman–Crippen LogP) is 2.10. The summed E-state index contributed by atoms with van der Waals surface area (Å²) >= 11 is 3.14. The zero-order chi connectivity index (χ0) is 14.5. The van der Waals surface area contributed by atoms with Crippen molar-refractivity contribution >= 4 is 35.1 Å². The van der Waals surface area contributed by atoms with E-state index in [4.69, 9.17) is 5.11 Å². The van der Waals surface area contributed by atoms with Crippen molar-refractivity contribution in [2.75, 3.05) is 11.5 Å². The molecule has 8 heteroatoms. The number of carbonyl (C=O) groups excluding carboxylic acids is 1. The Kier molecular flexibility index (Phi) is 5.24. The predicted molar refractivity (Wildman–Crippen MR) is 79.5 cm³/mol. The fraction of sp³-hybridized carbons (Fsp3) is 0.583. The summed E-state index contributed by atoms with van der Waals surface area (Å²) in [6, 6.07) is -0.290. The van der Waals surface area contributed by atoms with Crippen LogP contribution in [0.4, 0.5) is 4.79 Å². The lowest BCUT2D eigenvalue weighted by Gasteiger charge is -2.23. The van der Waals surface area contributed by atoms with E-state index in [1.165, 1.54) is 16.7 Å². The Bertz CT molecular complexity index is 486. The first kappa shape index (κ1) is 15.1. The number of hydrogen-bond donors (Lipinski definition) is 3. The number of hydrogen-bond acceptors (Lipinski definition) is 5. The Morgan fingerprint density at radius 3 is 2.75 bits per heavy atom. The molecule has 3 N–H and O–H groups in total. The van der Waals surface area contributed by atoms with Gasteiger partial charge in [0, 0.05) is 11.4 Å². The van der Waals surface area contributed by atoms with Crippen LogP contribution >= 0.6 is 23.1 Å². The molecule has 6 nitrogen and oxygen atoms in total. The lowest BCUT2D eigenvalue weighted by molar-refractivity contribution is 0.0691. The molecule has 1 unspecified atom stereocenters. The van der Waals surface area contributed by atoms with Crippen LogP contribution in [0.5, 0.6) is 0 Å². The largest absolute Gasteiger partial charge is 0.476 e. The summed E-state index contributed by atoms with van der Waals surface area (Å²) < 4.78 is 0. The number of amides is 2. The first-order valence-corrected chi connectivity index (χ1v) is 8.43. The monoisotopic (exact) mass is 315 g/mol. The van der Waals surface area contributed by atoms with Crippen LogP contribution in [-0.2, 0) is 0 Å². The van der Waals surface area contributed by atoms with Crippen molar-refractivity contribution < 1.29 is 14.7 Å². The SMILES string of the molecule is CC(NC(=O)NC1CCSCC1)c1nc(C(=O)O)cs1. The van der Waals surface area contributed by atoms with Gasteiger partial charge >= 0.3 is 12.0 Å². The van der Waals surface area contributed by atoms with Gasteiger partial charge < -0.3 is 15.7 Å². The lowest BCUT2D eigenvalue weighted by atomic mass is 10.2. The topological polar surface area (TPSA) is 91.3 Å². The third kappa shape index (κ3) is 4.11. The number of carboxylic acid groups (broad SMARTS) is 1. The molecule has 0 aromatic carbocycles. The van der Waals surface area contributed by atoms with Crippen LogP contribution in [0, 0.1) is 0 Å². The van der Waals surface area contributed by atoms with Gasteiger partial charge in [0.05, 0.1) is 6.04 Å². The molecule has 1 saturated heterocycles. The van der Waals surface area contributed by atoms with E-state index in [0.29, 0.717) is 5.01 Å². The number of carboxylic acids is 1. The third-order valence-corrected chi connectivity index (χ3v) is 5.09. The highest BCUT2D eigenvalue weighted by Gasteiger charge is 2.19. The van der Waals surface area contributed by atoms with Crippen LogP contribution in [0.2, 0.25) is 0 Å². The molecule has 0 aliphatic carbocycles. The number of aromatic nitrogens is 1. The van der Waals surface area contributed by atoms with Gasteiger partial charge in [-0.2, -0.15) is 11.8 Å². The maximum absolute atomic E-state index is 11.9. The second kappa shape index (κ2) is 6.94. The summed E-state index contributed by atoms with van der Waals surface area (Å²) in [7, 11) is 0. The molecule has 0 saturated carbocycles. The molecular formula is C12H17N3O3S2. The molecule has 1 aliphatic heterocycles. The van der Waals surface area contributed by atoms with Crippen LogP contribution in [0.25, 0.3) is 0 Å². The maximum Gasteiger partial charge on any atom is 0.355 e. The van der Waals surface area contributed by atoms with Crippen molar-refractivity contribution in [1.29, 1.82) is 0 Å². The van der Waals surface area contributed by atoms with Gasteiger partial charge in [0.25, 0.3) is 0 Å². The van der Waals surface area contributed by atoms with E-state index in [1.54, 1.807) is 6.92 Å². The van der Waals surface area contributed by atoms with Gasteiger partial charge in [0.1, 0.15) is 5.01 Å². The number of carbonyl (C=O) groups is 2. The van der Waals surface area contributed by atoms with Crippen LogP contribution in [-0.4, -0.2) is 39.6 Å². The summed E-state index contributed by atoms with van der Waals surface area (Å²) in [5, 5.41) is 16.6. The van der Waals surface area contributed by atoms with Crippen molar-refractivity contribution in [2.45, 2.75) is 31.8 Å². The number of urea groups is 1. The van der Waals surface area contributed by atoms with Gasteiger partial charge in [-0.1, -0.05) is 0 Å². The quantitative estimate of drug-likeness (QED) is 0.791. The van der Waals surface area contributed by atoms with Gasteiger partial charge in [-0.3, -0.25) is 0 Å². The molecule has 1 aliphatic rings. The number of aromatic carboxylic acids is 1. The summed E-state index contributed by atoms with van der Waals surface area (Å²) in [6.07, 6.45) is 1.99. The third-order valence-electron chi connectivity index (χ3n) is 3.02. The number of rotatable bonds is 4. The standard InChI is InChI=1S/C12H17N3O3S2/c1-7(10-15-9(6-20-10)11(16)17)13-12(18)14-8-2-4-19-5-3-8/h6-8H,2-5H2,1H3,(H,16,17)(H2,13,14,18). The number of thioether (sulfide) groups is 1. The molecular weight excluding hydrogens is 298 g/mol. The van der Waals surface area contributed by atoms with Crippen LogP contribution in [0.15, 0.2) is 5.38 Å². The Morgan fingerprint density at radius 1 is 1.45 bits per heavy atom. The minimum Gasteiger partial charge on any atom is -0.476 e. The van der Waals surface area contributed by atoms with Crippen molar-refractivity contribution in [1.82, 2.24) is 15.6 Å². The first-order chi connectivity index (χ1) is 9.56. The lowest BCUT2D eigenvalue weighted by Crippen LogP contribution is -2.44. The van der Waals surface area contributed by atoms with Gasteiger partial charge in [0.2, 0.25) is 0 Å². The number of thiazole rings is 1. The Morgan fingerprint density at radius 2 is 2.15 bits per heavy atom. The second-order valence-corrected chi connectivity index (χ2v) is 6.72. The Hall–Kier alpha value is -1.28. The number of nitrogens with one attached hydrogen (secondary N) is 2. The normalized spacial score (nSPS) is 17.4. The Labute approximate surface area is 125 Å². The van der Waals surface area contributed by atoms with E-state index in [2.05, 4.69) is 15.6 Å².